The zero-order chi connectivity index (χ0) is 26.6. The van der Waals surface area contributed by atoms with Crippen LogP contribution < -0.4 is 5.32 Å². The van der Waals surface area contributed by atoms with E-state index in [1.165, 1.54) is 18.6 Å². The molecule has 3 heterocycles. The van der Waals surface area contributed by atoms with Crippen molar-refractivity contribution in [1.82, 2.24) is 29.7 Å². The van der Waals surface area contributed by atoms with Gasteiger partial charge in [-0.15, -0.1) is 0 Å². The van der Waals surface area contributed by atoms with Gasteiger partial charge in [0.05, 0.1) is 36.3 Å². The summed E-state index contributed by atoms with van der Waals surface area (Å²) in [7, 11) is 0. The van der Waals surface area contributed by atoms with E-state index in [9.17, 15) is 26.9 Å². The van der Waals surface area contributed by atoms with E-state index in [2.05, 4.69) is 59.0 Å². The molecule has 3 aromatic heterocycles. The predicted octanol–water partition coefficient (Wildman–Crippen LogP) is 6.19. The minimum atomic E-state index is -3.22. The molecule has 1 amide bonds. The van der Waals surface area contributed by atoms with Crippen molar-refractivity contribution in [2.75, 3.05) is 0 Å². The number of hydrogen-bond donors (Lipinski definition) is 1. The largest absolute Gasteiger partial charge is 0.350 e. The van der Waals surface area contributed by atoms with Crippen LogP contribution in [0, 0.1) is 5.92 Å². The molecule has 16 heteroatoms. The number of aromatic nitrogens is 5. The SMILES string of the molecule is FC1(F)CC(c2ncc3cnccn23)C1.O=C(NCc1cnccn1)C1CC(F)(F)C1.O=P(Cl)(Cl)Cl. The first-order valence-corrected chi connectivity index (χ1v) is 14.9. The predicted molar refractivity (Wildman–Crippen MR) is 127 cm³/mol. The molecule has 36 heavy (non-hydrogen) atoms. The Labute approximate surface area is 217 Å². The van der Waals surface area contributed by atoms with E-state index in [1.54, 1.807) is 24.8 Å². The quantitative estimate of drug-likeness (QED) is 0.288. The van der Waals surface area contributed by atoms with Crippen molar-refractivity contribution >= 4 is 50.3 Å². The number of carbonyl (C=O) groups excluding carboxylic acids is 1. The van der Waals surface area contributed by atoms with Crippen LogP contribution in [-0.2, 0) is 15.9 Å². The second-order valence-corrected chi connectivity index (χ2v) is 14.9. The third-order valence-corrected chi connectivity index (χ3v) is 5.34. The molecule has 0 saturated heterocycles. The number of nitrogens with zero attached hydrogens (tertiary/aromatic N) is 5. The number of fused-ring (bicyclic) bond motifs is 1. The summed E-state index contributed by atoms with van der Waals surface area (Å²) in [5.41, 5.74) is 1.46. The fourth-order valence-electron chi connectivity index (χ4n) is 3.61. The van der Waals surface area contributed by atoms with Crippen molar-refractivity contribution < 1.29 is 26.9 Å². The van der Waals surface area contributed by atoms with Gasteiger partial charge >= 0.3 is 5.20 Å². The molecule has 0 aliphatic heterocycles. The average molecular weight is 590 g/mol. The molecular formula is C20H20Cl3F4N6O2P. The molecule has 2 aliphatic carbocycles. The van der Waals surface area contributed by atoms with Gasteiger partial charge in [-0.05, 0) is 33.7 Å². The van der Waals surface area contributed by atoms with E-state index >= 15 is 0 Å². The number of imidazole rings is 1. The van der Waals surface area contributed by atoms with E-state index in [4.69, 9.17) is 0 Å². The van der Waals surface area contributed by atoms with E-state index in [-0.39, 0.29) is 44.1 Å². The molecular weight excluding hydrogens is 570 g/mol. The molecule has 0 bridgehead atoms. The lowest BCUT2D eigenvalue weighted by Gasteiger charge is -2.33. The molecule has 0 atom stereocenters. The Morgan fingerprint density at radius 2 is 1.58 bits per heavy atom. The van der Waals surface area contributed by atoms with Crippen molar-refractivity contribution in [3.8, 4) is 0 Å². The van der Waals surface area contributed by atoms with Gasteiger partial charge in [-0.1, -0.05) is 0 Å². The lowest BCUT2D eigenvalue weighted by atomic mass is 9.81. The molecule has 3 aromatic rings. The standard InChI is InChI=1S/C10H11F2N3O.C10H9F2N3.Cl3OP/c11-10(12)3-7(4-10)9(16)15-6-8-5-13-1-2-14-8;11-10(12)3-7(4-10)9-14-6-8-5-13-1-2-15(8)9;1-5(2,3)4/h1-2,5,7H,3-4,6H2,(H,15,16);1-2,5-7H,3-4H2;. The van der Waals surface area contributed by atoms with Gasteiger partial charge in [-0.25, -0.2) is 22.5 Å². The second-order valence-electron chi connectivity index (χ2n) is 8.22. The molecule has 8 nitrogen and oxygen atoms in total. The fourth-order valence-corrected chi connectivity index (χ4v) is 3.61. The number of nitrogens with one attached hydrogen (secondary N) is 1. The monoisotopic (exact) mass is 588 g/mol. The molecule has 1 N–H and O–H groups in total. The fraction of sp³-hybridized carbons (Fsp3) is 0.450. The van der Waals surface area contributed by atoms with E-state index in [0.717, 1.165) is 11.3 Å². The highest BCUT2D eigenvalue weighted by Gasteiger charge is 2.49. The second kappa shape index (κ2) is 11.6. The Morgan fingerprint density at radius 1 is 0.972 bits per heavy atom. The number of amides is 1. The number of alkyl halides is 4. The molecule has 0 spiro atoms. The van der Waals surface area contributed by atoms with Crippen LogP contribution in [0.5, 0.6) is 0 Å². The van der Waals surface area contributed by atoms with Crippen LogP contribution in [0.3, 0.4) is 0 Å². The summed E-state index contributed by atoms with van der Waals surface area (Å²) in [6, 6.07) is 0. The Balaban J connectivity index is 0.000000170. The van der Waals surface area contributed by atoms with Crippen LogP contribution in [0.15, 0.2) is 43.4 Å². The highest BCUT2D eigenvalue weighted by atomic mass is 36.0. The molecule has 0 aromatic carbocycles. The molecule has 2 aliphatic rings. The average Bonchev–Trinajstić information content (AvgIpc) is 3.18. The zero-order valence-corrected chi connectivity index (χ0v) is 21.5. The maximum absolute atomic E-state index is 12.7. The first-order valence-electron chi connectivity index (χ1n) is 10.5. The van der Waals surface area contributed by atoms with Gasteiger partial charge in [0.25, 0.3) is 0 Å². The smallest absolute Gasteiger partial charge is 0.339 e. The molecule has 0 unspecified atom stereocenters. The Hall–Kier alpha value is -2.01. The minimum absolute atomic E-state index is 0.0889. The van der Waals surface area contributed by atoms with Crippen LogP contribution >= 0.6 is 38.9 Å². The first kappa shape index (κ1) is 28.6. The maximum atomic E-state index is 12.7. The van der Waals surface area contributed by atoms with Crippen LogP contribution in [0.2, 0.25) is 0 Å². The Bertz CT molecular complexity index is 1210. The summed E-state index contributed by atoms with van der Waals surface area (Å²) in [6.45, 7) is 0.231. The van der Waals surface area contributed by atoms with Crippen LogP contribution in [-0.4, -0.2) is 42.1 Å². The lowest BCUT2D eigenvalue weighted by molar-refractivity contribution is -0.150. The minimum Gasteiger partial charge on any atom is -0.350 e. The van der Waals surface area contributed by atoms with Crippen molar-refractivity contribution in [2.45, 2.75) is 50.0 Å². The highest BCUT2D eigenvalue weighted by Crippen LogP contribution is 2.61. The molecule has 0 radical (unpaired) electrons. The lowest BCUT2D eigenvalue weighted by Crippen LogP contribution is -2.44. The van der Waals surface area contributed by atoms with Gasteiger partial charge in [0.2, 0.25) is 17.8 Å². The number of hydrogen-bond acceptors (Lipinski definition) is 6. The van der Waals surface area contributed by atoms with Crippen molar-refractivity contribution in [2.24, 2.45) is 5.92 Å². The topological polar surface area (TPSA) is 102 Å². The molecule has 5 rings (SSSR count). The van der Waals surface area contributed by atoms with Crippen LogP contribution in [0.25, 0.3) is 5.52 Å². The summed E-state index contributed by atoms with van der Waals surface area (Å²) in [5.74, 6) is -5.45. The van der Waals surface area contributed by atoms with E-state index in [0.29, 0.717) is 5.69 Å². The van der Waals surface area contributed by atoms with Crippen molar-refractivity contribution in [3.63, 3.8) is 0 Å². The molecule has 2 fully saturated rings. The van der Waals surface area contributed by atoms with Gasteiger partial charge in [0.15, 0.2) is 0 Å². The van der Waals surface area contributed by atoms with Crippen LogP contribution in [0.4, 0.5) is 17.6 Å². The zero-order valence-electron chi connectivity index (χ0n) is 18.4. The molecule has 2 saturated carbocycles. The summed E-state index contributed by atoms with van der Waals surface area (Å²) in [5, 5.41) is -0.658. The third-order valence-electron chi connectivity index (χ3n) is 5.34. The molecule has 196 valence electrons. The van der Waals surface area contributed by atoms with Gasteiger partial charge in [-0.2, -0.15) is 0 Å². The summed E-state index contributed by atoms with van der Waals surface area (Å²) in [6.07, 6.45) is 10.4. The van der Waals surface area contributed by atoms with Gasteiger partial charge in [-0.3, -0.25) is 24.3 Å². The van der Waals surface area contributed by atoms with Gasteiger partial charge in [0, 0.05) is 62.3 Å². The number of halogens is 7. The van der Waals surface area contributed by atoms with E-state index in [1.807, 2.05) is 4.40 Å². The van der Waals surface area contributed by atoms with Gasteiger partial charge in [0.1, 0.15) is 5.82 Å². The highest BCUT2D eigenvalue weighted by molar-refractivity contribution is 8.24. The van der Waals surface area contributed by atoms with Crippen molar-refractivity contribution in [3.05, 3.63) is 54.9 Å². The summed E-state index contributed by atoms with van der Waals surface area (Å²) >= 11 is 13.8. The summed E-state index contributed by atoms with van der Waals surface area (Å²) < 4.78 is 61.8. The van der Waals surface area contributed by atoms with E-state index < -0.39 is 23.0 Å². The van der Waals surface area contributed by atoms with Crippen LogP contribution in [0.1, 0.15) is 43.1 Å². The normalized spacial score (nSPS) is 18.5. The first-order chi connectivity index (χ1) is 16.7. The van der Waals surface area contributed by atoms with Crippen molar-refractivity contribution in [1.29, 1.82) is 0 Å². The third kappa shape index (κ3) is 8.83. The Kier molecular flexibility index (Phi) is 9.19. The summed E-state index contributed by atoms with van der Waals surface area (Å²) in [4.78, 5) is 27.3. The Morgan fingerprint density at radius 3 is 2.14 bits per heavy atom. The number of carbonyl (C=O) groups is 1. The number of rotatable bonds is 4. The maximum Gasteiger partial charge on any atom is 0.339 e. The van der Waals surface area contributed by atoms with Gasteiger partial charge < -0.3 is 9.72 Å².